The Bertz CT molecular complexity index is 1180. The molecule has 1 saturated heterocycles. The third-order valence-electron chi connectivity index (χ3n) is 6.23. The van der Waals surface area contributed by atoms with Gasteiger partial charge in [-0.3, -0.25) is 4.98 Å². The Morgan fingerprint density at radius 3 is 2.51 bits per heavy atom. The summed E-state index contributed by atoms with van der Waals surface area (Å²) >= 11 is 0. The number of carbonyl (C=O) groups is 1. The quantitative estimate of drug-likeness (QED) is 0.437. The molecule has 1 amide bonds. The Morgan fingerprint density at radius 1 is 1.19 bits per heavy atom. The summed E-state index contributed by atoms with van der Waals surface area (Å²) in [5.74, 6) is 1.59. The number of aromatic nitrogens is 1. The minimum absolute atomic E-state index is 0.0878. The second kappa shape index (κ2) is 12.1. The predicted molar refractivity (Wildman–Crippen MR) is 141 cm³/mol. The van der Waals surface area contributed by atoms with Gasteiger partial charge in [-0.05, 0) is 57.6 Å². The second-order valence-corrected chi connectivity index (χ2v) is 11.7. The highest BCUT2D eigenvalue weighted by Gasteiger charge is 2.27. The molecule has 2 N–H and O–H groups in total. The average Bonchev–Trinajstić information content (AvgIpc) is 2.83. The summed E-state index contributed by atoms with van der Waals surface area (Å²) in [6, 6.07) is 5.78. The Labute approximate surface area is 219 Å². The lowest BCUT2D eigenvalue weighted by molar-refractivity contribution is 0.0492. The first-order valence-electron chi connectivity index (χ1n) is 12.3. The number of piperidine rings is 1. The Balaban J connectivity index is 1.61. The first-order chi connectivity index (χ1) is 17.4. The van der Waals surface area contributed by atoms with Crippen LogP contribution in [0.15, 0.2) is 24.4 Å². The van der Waals surface area contributed by atoms with Gasteiger partial charge in [-0.2, -0.15) is 13.1 Å². The molecule has 1 aromatic heterocycles. The van der Waals surface area contributed by atoms with Crippen LogP contribution in [0.3, 0.4) is 0 Å². The van der Waals surface area contributed by atoms with Gasteiger partial charge in [0, 0.05) is 50.1 Å². The van der Waals surface area contributed by atoms with Crippen molar-refractivity contribution in [3.05, 3.63) is 24.4 Å². The Kier molecular flexibility index (Phi) is 9.43. The summed E-state index contributed by atoms with van der Waals surface area (Å²) in [4.78, 5) is 18.6. The summed E-state index contributed by atoms with van der Waals surface area (Å²) in [5, 5.41) is 0.960. The maximum atomic E-state index is 12.3. The molecule has 1 aromatic carbocycles. The van der Waals surface area contributed by atoms with Crippen molar-refractivity contribution in [2.24, 2.45) is 11.8 Å². The zero-order valence-electron chi connectivity index (χ0n) is 22.4. The maximum absolute atomic E-state index is 12.3. The molecule has 1 aliphatic rings. The monoisotopic (exact) mass is 538 g/mol. The number of carbonyl (C=O) groups excluding carboxylic acids is 1. The molecule has 1 atom stereocenters. The Morgan fingerprint density at radius 2 is 1.89 bits per heavy atom. The van der Waals surface area contributed by atoms with E-state index in [0.717, 1.165) is 42.5 Å². The molecule has 0 saturated carbocycles. The highest BCUT2D eigenvalue weighted by atomic mass is 32.2. The van der Waals surface area contributed by atoms with Crippen molar-refractivity contribution >= 4 is 32.9 Å². The van der Waals surface area contributed by atoms with E-state index in [1.165, 1.54) is 0 Å². The van der Waals surface area contributed by atoms with Crippen LogP contribution in [0.25, 0.3) is 10.9 Å². The lowest BCUT2D eigenvalue weighted by Crippen LogP contribution is -2.45. The third kappa shape index (κ3) is 8.08. The van der Waals surface area contributed by atoms with Crippen molar-refractivity contribution in [3.63, 3.8) is 0 Å². The number of pyridine rings is 1. The molecule has 0 bridgehead atoms. The first-order valence-corrected chi connectivity index (χ1v) is 13.7. The van der Waals surface area contributed by atoms with Gasteiger partial charge in [0.1, 0.15) is 5.60 Å². The van der Waals surface area contributed by atoms with E-state index in [9.17, 15) is 13.2 Å². The van der Waals surface area contributed by atoms with E-state index in [0.29, 0.717) is 17.4 Å². The normalized spacial score (nSPS) is 15.9. The van der Waals surface area contributed by atoms with Crippen LogP contribution in [0, 0.1) is 11.8 Å². The number of hydrogen-bond donors (Lipinski definition) is 2. The zero-order valence-corrected chi connectivity index (χ0v) is 23.2. The number of ether oxygens (including phenoxy) is 4. The van der Waals surface area contributed by atoms with Crippen molar-refractivity contribution in [3.8, 4) is 11.5 Å². The molecule has 12 heteroatoms. The minimum Gasteiger partial charge on any atom is -0.493 e. The van der Waals surface area contributed by atoms with Crippen LogP contribution < -0.4 is 23.8 Å². The van der Waals surface area contributed by atoms with E-state index in [-0.39, 0.29) is 19.3 Å². The number of rotatable bonds is 10. The van der Waals surface area contributed by atoms with E-state index in [2.05, 4.69) is 14.6 Å². The highest BCUT2D eigenvalue weighted by molar-refractivity contribution is 7.88. The van der Waals surface area contributed by atoms with Gasteiger partial charge in [0.15, 0.2) is 18.3 Å². The summed E-state index contributed by atoms with van der Waals surface area (Å²) in [5.41, 5.74) is 1.08. The van der Waals surface area contributed by atoms with E-state index in [4.69, 9.17) is 18.9 Å². The standard InChI is InChI=1S/C25H38N4O7S/c1-17(15-27-37(31,32)28-24(30)36-25(2,3)4)18-8-11-29(12-9-18)21-7-10-26-20-14-22(34-6)23(13-19(20)21)35-16-33-5/h7,10,13-14,17-18,27H,8-9,11-12,15-16H2,1-6H3,(H,28,30). The minimum atomic E-state index is -4.00. The molecular formula is C25H38N4O7S. The molecule has 0 aliphatic carbocycles. The summed E-state index contributed by atoms with van der Waals surface area (Å²) < 4.78 is 50.1. The zero-order chi connectivity index (χ0) is 27.2. The molecule has 0 radical (unpaired) electrons. The fourth-order valence-corrected chi connectivity index (χ4v) is 5.19. The molecule has 2 heterocycles. The first kappa shape index (κ1) is 28.7. The number of fused-ring (bicyclic) bond motifs is 1. The van der Waals surface area contributed by atoms with Gasteiger partial charge in [-0.25, -0.2) is 9.52 Å². The fourth-order valence-electron chi connectivity index (χ4n) is 4.37. The number of anilines is 1. The largest absolute Gasteiger partial charge is 0.493 e. The van der Waals surface area contributed by atoms with Gasteiger partial charge >= 0.3 is 16.3 Å². The number of nitrogens with zero attached hydrogens (tertiary/aromatic N) is 2. The SMILES string of the molecule is COCOc1cc2c(N3CCC(C(C)CNS(=O)(=O)NC(=O)OC(C)(C)C)CC3)ccnc2cc1OC. The van der Waals surface area contributed by atoms with Crippen LogP contribution >= 0.6 is 0 Å². The second-order valence-electron chi connectivity index (χ2n) is 10.2. The predicted octanol–water partition coefficient (Wildman–Crippen LogP) is 3.44. The Hall–Kier alpha value is -2.83. The third-order valence-corrected chi connectivity index (χ3v) is 7.22. The van der Waals surface area contributed by atoms with E-state index >= 15 is 0 Å². The molecule has 1 aliphatic heterocycles. The highest BCUT2D eigenvalue weighted by Crippen LogP contribution is 2.37. The molecule has 2 aromatic rings. The van der Waals surface area contributed by atoms with Gasteiger partial charge in [-0.15, -0.1) is 0 Å². The van der Waals surface area contributed by atoms with E-state index < -0.39 is 21.9 Å². The lowest BCUT2D eigenvalue weighted by atomic mass is 9.85. The van der Waals surface area contributed by atoms with Gasteiger partial charge in [-0.1, -0.05) is 6.92 Å². The van der Waals surface area contributed by atoms with Crippen LogP contribution in [-0.4, -0.2) is 65.7 Å². The lowest BCUT2D eigenvalue weighted by Gasteiger charge is -2.36. The molecule has 1 unspecified atom stereocenters. The number of methoxy groups -OCH3 is 2. The van der Waals surface area contributed by atoms with Crippen molar-refractivity contribution in [1.82, 2.24) is 14.4 Å². The summed E-state index contributed by atoms with van der Waals surface area (Å²) in [7, 11) is -0.853. The van der Waals surface area contributed by atoms with Crippen molar-refractivity contribution in [1.29, 1.82) is 0 Å². The average molecular weight is 539 g/mol. The fraction of sp³-hybridized carbons (Fsp3) is 0.600. The number of hydrogen-bond acceptors (Lipinski definition) is 9. The maximum Gasteiger partial charge on any atom is 0.422 e. The van der Waals surface area contributed by atoms with Crippen LogP contribution in [0.1, 0.15) is 40.5 Å². The van der Waals surface area contributed by atoms with Crippen molar-refractivity contribution in [2.45, 2.75) is 46.1 Å². The summed E-state index contributed by atoms with van der Waals surface area (Å²) in [6.07, 6.45) is 2.58. The van der Waals surface area contributed by atoms with Gasteiger partial charge in [0.05, 0.1) is 12.6 Å². The van der Waals surface area contributed by atoms with Crippen molar-refractivity contribution < 1.29 is 32.2 Å². The molecule has 37 heavy (non-hydrogen) atoms. The van der Waals surface area contributed by atoms with Gasteiger partial charge < -0.3 is 23.8 Å². The molecule has 11 nitrogen and oxygen atoms in total. The van der Waals surface area contributed by atoms with Gasteiger partial charge in [0.2, 0.25) is 0 Å². The van der Waals surface area contributed by atoms with E-state index in [1.807, 2.05) is 29.8 Å². The van der Waals surface area contributed by atoms with Gasteiger partial charge in [0.25, 0.3) is 0 Å². The number of nitrogens with one attached hydrogen (secondary N) is 2. The van der Waals surface area contributed by atoms with E-state index in [1.54, 1.807) is 41.2 Å². The molecular weight excluding hydrogens is 500 g/mol. The topological polar surface area (TPSA) is 128 Å². The number of amides is 1. The van der Waals surface area contributed by atoms with Crippen LogP contribution in [-0.2, 0) is 19.7 Å². The molecule has 1 fully saturated rings. The smallest absolute Gasteiger partial charge is 0.422 e. The van der Waals surface area contributed by atoms with Crippen LogP contribution in [0.2, 0.25) is 0 Å². The molecule has 0 spiro atoms. The van der Waals surface area contributed by atoms with Crippen LogP contribution in [0.5, 0.6) is 11.5 Å². The molecule has 206 valence electrons. The molecule has 3 rings (SSSR count). The summed E-state index contributed by atoms with van der Waals surface area (Å²) in [6.45, 7) is 8.99. The van der Waals surface area contributed by atoms with Crippen molar-refractivity contribution in [2.75, 3.05) is 45.5 Å². The number of benzene rings is 1. The van der Waals surface area contributed by atoms with Crippen LogP contribution in [0.4, 0.5) is 10.5 Å².